The quantitative estimate of drug-likeness (QED) is 0.647. The zero-order chi connectivity index (χ0) is 15.6. The zero-order valence-electron chi connectivity index (χ0n) is 12.0. The third kappa shape index (κ3) is 9.14. The summed E-state index contributed by atoms with van der Waals surface area (Å²) in [5.41, 5.74) is 5.48. The van der Waals surface area contributed by atoms with Crippen molar-refractivity contribution in [3.05, 3.63) is 0 Å². The third-order valence-corrected chi connectivity index (χ3v) is 3.13. The van der Waals surface area contributed by atoms with E-state index in [9.17, 15) is 18.0 Å². The molecule has 4 nitrogen and oxygen atoms in total. The molecule has 120 valence electrons. The van der Waals surface area contributed by atoms with E-state index in [-0.39, 0.29) is 18.9 Å². The zero-order valence-corrected chi connectivity index (χ0v) is 12.0. The molecule has 0 rings (SSSR count). The summed E-state index contributed by atoms with van der Waals surface area (Å²) in [7, 11) is 0. The van der Waals surface area contributed by atoms with Gasteiger partial charge in [-0.3, -0.25) is 4.79 Å². The van der Waals surface area contributed by atoms with Crippen molar-refractivity contribution in [2.45, 2.75) is 45.2 Å². The van der Waals surface area contributed by atoms with E-state index in [0.717, 1.165) is 19.3 Å². The number of nitrogens with zero attached hydrogens (tertiary/aromatic N) is 1. The number of alkyl halides is 3. The number of aliphatic hydroxyl groups is 1. The van der Waals surface area contributed by atoms with Gasteiger partial charge < -0.3 is 15.7 Å². The number of amides is 1. The monoisotopic (exact) mass is 298 g/mol. The first-order valence-electron chi connectivity index (χ1n) is 6.99. The number of nitrogens with two attached hydrogens (primary N) is 1. The van der Waals surface area contributed by atoms with Crippen LogP contribution in [-0.4, -0.2) is 48.3 Å². The Hall–Kier alpha value is -0.820. The average Bonchev–Trinajstić information content (AvgIpc) is 2.34. The standard InChI is InChI=1S/C13H25F3N2O2/c1-2-3-11(6-7-17)4-5-12(20)18(8-9-19)10-13(14,15)16/h11,19H,2-10,17H2,1H3. The topological polar surface area (TPSA) is 66.6 Å². The fraction of sp³-hybridized carbons (Fsp3) is 0.923. The van der Waals surface area contributed by atoms with Crippen LogP contribution in [-0.2, 0) is 4.79 Å². The summed E-state index contributed by atoms with van der Waals surface area (Å²) < 4.78 is 37.0. The average molecular weight is 298 g/mol. The molecule has 0 heterocycles. The maximum Gasteiger partial charge on any atom is 0.406 e. The predicted octanol–water partition coefficient (Wildman–Crippen LogP) is 1.91. The van der Waals surface area contributed by atoms with Crippen LogP contribution >= 0.6 is 0 Å². The number of aliphatic hydroxyl groups excluding tert-OH is 1. The second-order valence-corrected chi connectivity index (χ2v) is 4.92. The van der Waals surface area contributed by atoms with Gasteiger partial charge >= 0.3 is 6.18 Å². The van der Waals surface area contributed by atoms with Crippen LogP contribution in [0.4, 0.5) is 13.2 Å². The molecule has 0 aromatic heterocycles. The van der Waals surface area contributed by atoms with E-state index in [4.69, 9.17) is 10.8 Å². The van der Waals surface area contributed by atoms with Crippen molar-refractivity contribution >= 4 is 5.91 Å². The SMILES string of the molecule is CCCC(CCN)CCC(=O)N(CCO)CC(F)(F)F. The molecule has 0 aliphatic heterocycles. The second-order valence-electron chi connectivity index (χ2n) is 4.92. The van der Waals surface area contributed by atoms with Gasteiger partial charge in [0.05, 0.1) is 6.61 Å². The Morgan fingerprint density at radius 1 is 1.30 bits per heavy atom. The van der Waals surface area contributed by atoms with E-state index in [1.54, 1.807) is 0 Å². The molecule has 0 aromatic rings. The lowest BCUT2D eigenvalue weighted by molar-refractivity contribution is -0.162. The number of hydrogen-bond donors (Lipinski definition) is 2. The lowest BCUT2D eigenvalue weighted by atomic mass is 9.94. The van der Waals surface area contributed by atoms with Crippen LogP contribution in [0.2, 0.25) is 0 Å². The smallest absolute Gasteiger partial charge is 0.395 e. The van der Waals surface area contributed by atoms with Gasteiger partial charge in [-0.2, -0.15) is 13.2 Å². The van der Waals surface area contributed by atoms with E-state index in [0.29, 0.717) is 17.9 Å². The molecule has 20 heavy (non-hydrogen) atoms. The number of carbonyl (C=O) groups is 1. The number of halogens is 3. The third-order valence-electron chi connectivity index (χ3n) is 3.13. The lowest BCUT2D eigenvalue weighted by Crippen LogP contribution is -2.40. The Kier molecular flexibility index (Phi) is 9.58. The van der Waals surface area contributed by atoms with Gasteiger partial charge in [-0.25, -0.2) is 0 Å². The van der Waals surface area contributed by atoms with Gasteiger partial charge in [-0.1, -0.05) is 19.8 Å². The summed E-state index contributed by atoms with van der Waals surface area (Å²) in [5, 5.41) is 8.75. The van der Waals surface area contributed by atoms with Gasteiger partial charge in [0.2, 0.25) is 5.91 Å². The van der Waals surface area contributed by atoms with Crippen molar-refractivity contribution in [1.82, 2.24) is 4.90 Å². The minimum absolute atomic E-state index is 0.0702. The molecule has 0 saturated carbocycles. The second kappa shape index (κ2) is 9.99. The molecule has 0 aliphatic rings. The van der Waals surface area contributed by atoms with Gasteiger partial charge in [0.15, 0.2) is 0 Å². The van der Waals surface area contributed by atoms with Crippen molar-refractivity contribution in [2.75, 3.05) is 26.2 Å². The van der Waals surface area contributed by atoms with Crippen LogP contribution in [0.1, 0.15) is 39.0 Å². The summed E-state index contributed by atoms with van der Waals surface area (Å²) in [6.45, 7) is 0.479. The number of hydrogen-bond acceptors (Lipinski definition) is 3. The van der Waals surface area contributed by atoms with Crippen molar-refractivity contribution < 1.29 is 23.1 Å². The fourth-order valence-electron chi connectivity index (χ4n) is 2.19. The first-order chi connectivity index (χ1) is 9.34. The maximum atomic E-state index is 12.3. The van der Waals surface area contributed by atoms with Gasteiger partial charge in [0.25, 0.3) is 0 Å². The first kappa shape index (κ1) is 19.2. The molecule has 0 bridgehead atoms. The van der Waals surface area contributed by atoms with Gasteiger partial charge in [-0.15, -0.1) is 0 Å². The van der Waals surface area contributed by atoms with E-state index in [1.165, 1.54) is 0 Å². The minimum atomic E-state index is -4.44. The molecular weight excluding hydrogens is 273 g/mol. The summed E-state index contributed by atoms with van der Waals surface area (Å²) in [6.07, 6.45) is -1.17. The minimum Gasteiger partial charge on any atom is -0.395 e. The largest absolute Gasteiger partial charge is 0.406 e. The summed E-state index contributed by atoms with van der Waals surface area (Å²) in [6, 6.07) is 0. The van der Waals surface area contributed by atoms with Crippen LogP contribution in [0.15, 0.2) is 0 Å². The molecule has 7 heteroatoms. The van der Waals surface area contributed by atoms with Crippen LogP contribution in [0.25, 0.3) is 0 Å². The van der Waals surface area contributed by atoms with E-state index >= 15 is 0 Å². The molecule has 1 atom stereocenters. The molecule has 0 fully saturated rings. The molecule has 0 aliphatic carbocycles. The lowest BCUT2D eigenvalue weighted by Gasteiger charge is -2.24. The highest BCUT2D eigenvalue weighted by Gasteiger charge is 2.32. The predicted molar refractivity (Wildman–Crippen MR) is 71.0 cm³/mol. The van der Waals surface area contributed by atoms with Crippen LogP contribution in [0.3, 0.4) is 0 Å². The molecule has 0 radical (unpaired) electrons. The molecule has 0 aromatic carbocycles. The van der Waals surface area contributed by atoms with Crippen molar-refractivity contribution in [2.24, 2.45) is 11.7 Å². The van der Waals surface area contributed by atoms with Crippen LogP contribution in [0, 0.1) is 5.92 Å². The molecule has 1 unspecified atom stereocenters. The van der Waals surface area contributed by atoms with E-state index < -0.39 is 25.2 Å². The maximum absolute atomic E-state index is 12.3. The van der Waals surface area contributed by atoms with Crippen LogP contribution in [0.5, 0.6) is 0 Å². The highest BCUT2D eigenvalue weighted by Crippen LogP contribution is 2.20. The highest BCUT2D eigenvalue weighted by atomic mass is 19.4. The Morgan fingerprint density at radius 2 is 1.95 bits per heavy atom. The summed E-state index contributed by atoms with van der Waals surface area (Å²) >= 11 is 0. The Bertz CT molecular complexity index is 267. The highest BCUT2D eigenvalue weighted by molar-refractivity contribution is 5.76. The van der Waals surface area contributed by atoms with E-state index in [1.807, 2.05) is 6.92 Å². The van der Waals surface area contributed by atoms with Crippen molar-refractivity contribution in [1.29, 1.82) is 0 Å². The van der Waals surface area contributed by atoms with Crippen molar-refractivity contribution in [3.63, 3.8) is 0 Å². The molecule has 3 N–H and O–H groups in total. The van der Waals surface area contributed by atoms with Gasteiger partial charge in [0, 0.05) is 13.0 Å². The van der Waals surface area contributed by atoms with E-state index in [2.05, 4.69) is 0 Å². The molecular formula is C13H25F3N2O2. The number of rotatable bonds is 10. The molecule has 1 amide bonds. The van der Waals surface area contributed by atoms with Crippen molar-refractivity contribution in [3.8, 4) is 0 Å². The Labute approximate surface area is 118 Å². The normalized spacial score (nSPS) is 13.3. The van der Waals surface area contributed by atoms with Gasteiger partial charge in [-0.05, 0) is 25.3 Å². The number of carbonyl (C=O) groups excluding carboxylic acids is 1. The first-order valence-corrected chi connectivity index (χ1v) is 6.99. The Balaban J connectivity index is 4.36. The fourth-order valence-corrected chi connectivity index (χ4v) is 2.19. The summed E-state index contributed by atoms with van der Waals surface area (Å²) in [5.74, 6) is -0.287. The Morgan fingerprint density at radius 3 is 2.40 bits per heavy atom. The van der Waals surface area contributed by atoms with Crippen LogP contribution < -0.4 is 5.73 Å². The molecule has 0 spiro atoms. The molecule has 0 saturated heterocycles. The summed E-state index contributed by atoms with van der Waals surface area (Å²) in [4.78, 5) is 12.5. The van der Waals surface area contributed by atoms with Gasteiger partial charge in [0.1, 0.15) is 6.54 Å².